The number of anilines is 1. The lowest BCUT2D eigenvalue weighted by molar-refractivity contribution is 0.102. The van der Waals surface area contributed by atoms with Gasteiger partial charge < -0.3 is 4.74 Å². The van der Waals surface area contributed by atoms with Crippen molar-refractivity contribution in [1.82, 2.24) is 9.29 Å². The van der Waals surface area contributed by atoms with E-state index >= 15 is 0 Å². The van der Waals surface area contributed by atoms with Gasteiger partial charge in [-0.25, -0.2) is 13.4 Å². The van der Waals surface area contributed by atoms with Gasteiger partial charge in [-0.2, -0.15) is 4.31 Å². The topological polar surface area (TPSA) is 88.6 Å². The van der Waals surface area contributed by atoms with Crippen LogP contribution in [0.25, 0.3) is 10.2 Å². The highest BCUT2D eigenvalue weighted by Gasteiger charge is 2.23. The number of aryl methyl sites for hydroxylation is 1. The first kappa shape index (κ1) is 21.2. The van der Waals surface area contributed by atoms with E-state index in [-0.39, 0.29) is 16.8 Å². The zero-order valence-corrected chi connectivity index (χ0v) is 18.5. The van der Waals surface area contributed by atoms with Crippen molar-refractivity contribution in [3.8, 4) is 5.75 Å². The van der Waals surface area contributed by atoms with Crippen LogP contribution >= 0.6 is 11.3 Å². The molecule has 7 nitrogen and oxygen atoms in total. The zero-order valence-electron chi connectivity index (χ0n) is 16.9. The molecule has 3 rings (SSSR count). The van der Waals surface area contributed by atoms with Gasteiger partial charge in [0.05, 0.1) is 16.7 Å². The summed E-state index contributed by atoms with van der Waals surface area (Å²) in [7, 11) is -0.483. The van der Waals surface area contributed by atoms with Crippen molar-refractivity contribution in [2.45, 2.75) is 31.7 Å². The maximum absolute atomic E-state index is 12.6. The number of hydrogen-bond donors (Lipinski definition) is 1. The molecule has 0 saturated heterocycles. The molecule has 2 aromatic carbocycles. The SMILES string of the molecule is COc1ccc(C)c2sc(NC(=O)c3ccc(S(=O)(=O)N(C)C(C)C)cc3)nc12. The predicted molar refractivity (Wildman–Crippen MR) is 115 cm³/mol. The Kier molecular flexibility index (Phi) is 5.92. The van der Waals surface area contributed by atoms with E-state index in [0.717, 1.165) is 10.3 Å². The molecule has 3 aromatic rings. The molecule has 1 N–H and O–H groups in total. The van der Waals surface area contributed by atoms with Crippen molar-refractivity contribution in [2.75, 3.05) is 19.5 Å². The van der Waals surface area contributed by atoms with Crippen molar-refractivity contribution >= 4 is 42.6 Å². The molecule has 1 aromatic heterocycles. The monoisotopic (exact) mass is 433 g/mol. The van der Waals surface area contributed by atoms with E-state index in [1.807, 2.05) is 19.1 Å². The van der Waals surface area contributed by atoms with Crippen LogP contribution in [0, 0.1) is 6.92 Å². The lowest BCUT2D eigenvalue weighted by Gasteiger charge is -2.20. The Balaban J connectivity index is 1.83. The maximum atomic E-state index is 12.6. The number of nitrogens with zero attached hydrogens (tertiary/aromatic N) is 2. The first-order valence-electron chi connectivity index (χ1n) is 8.98. The number of nitrogens with one attached hydrogen (secondary N) is 1. The number of rotatable bonds is 6. The van der Waals surface area contributed by atoms with E-state index in [1.54, 1.807) is 21.0 Å². The fourth-order valence-electron chi connectivity index (χ4n) is 2.72. The van der Waals surface area contributed by atoms with Crippen LogP contribution in [0.15, 0.2) is 41.3 Å². The van der Waals surface area contributed by atoms with Crippen molar-refractivity contribution in [3.63, 3.8) is 0 Å². The number of methoxy groups -OCH3 is 1. The molecule has 1 amide bonds. The fraction of sp³-hybridized carbons (Fsp3) is 0.300. The van der Waals surface area contributed by atoms with Gasteiger partial charge >= 0.3 is 0 Å². The molecular weight excluding hydrogens is 410 g/mol. The molecule has 0 spiro atoms. The molecule has 29 heavy (non-hydrogen) atoms. The third kappa shape index (κ3) is 4.12. The molecular formula is C20H23N3O4S2. The van der Waals surface area contributed by atoms with Crippen LogP contribution in [-0.2, 0) is 10.0 Å². The van der Waals surface area contributed by atoms with Gasteiger partial charge in [0.25, 0.3) is 5.91 Å². The van der Waals surface area contributed by atoms with Crippen LogP contribution in [0.4, 0.5) is 5.13 Å². The quantitative estimate of drug-likeness (QED) is 0.637. The highest BCUT2D eigenvalue weighted by molar-refractivity contribution is 7.89. The minimum atomic E-state index is -3.59. The summed E-state index contributed by atoms with van der Waals surface area (Å²) in [5, 5.41) is 3.23. The molecule has 0 aliphatic heterocycles. The molecule has 0 aliphatic carbocycles. The number of fused-ring (bicyclic) bond motifs is 1. The van der Waals surface area contributed by atoms with Crippen LogP contribution < -0.4 is 10.1 Å². The second-order valence-electron chi connectivity index (χ2n) is 6.87. The van der Waals surface area contributed by atoms with E-state index in [1.165, 1.54) is 47.0 Å². The van der Waals surface area contributed by atoms with Crippen LogP contribution in [0.3, 0.4) is 0 Å². The minimum Gasteiger partial charge on any atom is -0.494 e. The summed E-state index contributed by atoms with van der Waals surface area (Å²) in [6.07, 6.45) is 0. The smallest absolute Gasteiger partial charge is 0.257 e. The Morgan fingerprint density at radius 3 is 2.41 bits per heavy atom. The van der Waals surface area contributed by atoms with Gasteiger partial charge in [-0.3, -0.25) is 10.1 Å². The van der Waals surface area contributed by atoms with Crippen LogP contribution in [0.2, 0.25) is 0 Å². The maximum Gasteiger partial charge on any atom is 0.257 e. The standard InChI is InChI=1S/C20H23N3O4S2/c1-12(2)23(4)29(25,26)15-9-7-14(8-10-15)19(24)22-20-21-17-16(27-5)11-6-13(3)18(17)28-20/h6-12H,1-5H3,(H,21,22,24). The first-order chi connectivity index (χ1) is 13.6. The van der Waals surface area contributed by atoms with Crippen LogP contribution in [0.1, 0.15) is 29.8 Å². The highest BCUT2D eigenvalue weighted by atomic mass is 32.2. The Morgan fingerprint density at radius 2 is 1.83 bits per heavy atom. The van der Waals surface area contributed by atoms with Gasteiger partial charge in [-0.1, -0.05) is 17.4 Å². The predicted octanol–water partition coefficient (Wildman–Crippen LogP) is 3.89. The normalized spacial score (nSPS) is 12.0. The van der Waals surface area contributed by atoms with Crippen molar-refractivity contribution in [3.05, 3.63) is 47.5 Å². The Labute approximate surface area is 174 Å². The Hall–Kier alpha value is -2.49. The number of sulfonamides is 1. The second kappa shape index (κ2) is 8.10. The number of aromatic nitrogens is 1. The molecule has 0 radical (unpaired) electrons. The number of amides is 1. The van der Waals surface area contributed by atoms with Crippen molar-refractivity contribution in [2.24, 2.45) is 0 Å². The lowest BCUT2D eigenvalue weighted by Crippen LogP contribution is -2.33. The number of ether oxygens (including phenoxy) is 1. The largest absolute Gasteiger partial charge is 0.494 e. The average molecular weight is 434 g/mol. The van der Waals surface area contributed by atoms with Gasteiger partial charge in [0, 0.05) is 18.7 Å². The molecule has 0 bridgehead atoms. The molecule has 154 valence electrons. The van der Waals surface area contributed by atoms with Gasteiger partial charge in [0.15, 0.2) is 5.13 Å². The van der Waals surface area contributed by atoms with Gasteiger partial charge in [0.1, 0.15) is 11.3 Å². The number of carbonyl (C=O) groups is 1. The Bertz CT molecular complexity index is 1150. The zero-order chi connectivity index (χ0) is 21.3. The van der Waals surface area contributed by atoms with E-state index in [4.69, 9.17) is 4.74 Å². The highest BCUT2D eigenvalue weighted by Crippen LogP contribution is 2.34. The molecule has 0 fully saturated rings. The van der Waals surface area contributed by atoms with Crippen molar-refractivity contribution in [1.29, 1.82) is 0 Å². The van der Waals surface area contributed by atoms with E-state index in [2.05, 4.69) is 10.3 Å². The number of hydrogen-bond acceptors (Lipinski definition) is 6. The first-order valence-corrected chi connectivity index (χ1v) is 11.2. The molecule has 0 saturated carbocycles. The summed E-state index contributed by atoms with van der Waals surface area (Å²) in [5.41, 5.74) is 2.09. The van der Waals surface area contributed by atoms with Gasteiger partial charge in [0.2, 0.25) is 10.0 Å². The summed E-state index contributed by atoms with van der Waals surface area (Å²) in [5.74, 6) is 0.285. The molecule has 9 heteroatoms. The molecule has 0 aliphatic rings. The van der Waals surface area contributed by atoms with Gasteiger partial charge in [-0.05, 0) is 56.7 Å². The Morgan fingerprint density at radius 1 is 1.17 bits per heavy atom. The molecule has 0 atom stereocenters. The second-order valence-corrected chi connectivity index (χ2v) is 9.87. The van der Waals surface area contributed by atoms with E-state index in [9.17, 15) is 13.2 Å². The summed E-state index contributed by atoms with van der Waals surface area (Å²) >= 11 is 1.37. The summed E-state index contributed by atoms with van der Waals surface area (Å²) < 4.78 is 32.7. The summed E-state index contributed by atoms with van der Waals surface area (Å²) in [4.78, 5) is 17.2. The molecule has 0 unspecified atom stereocenters. The van der Waals surface area contributed by atoms with E-state index in [0.29, 0.717) is 22.0 Å². The van der Waals surface area contributed by atoms with Gasteiger partial charge in [-0.15, -0.1) is 0 Å². The average Bonchev–Trinajstić information content (AvgIpc) is 3.12. The number of benzene rings is 2. The van der Waals surface area contributed by atoms with Crippen LogP contribution in [-0.4, -0.2) is 43.8 Å². The molecule has 1 heterocycles. The lowest BCUT2D eigenvalue weighted by atomic mass is 10.2. The van der Waals surface area contributed by atoms with E-state index < -0.39 is 10.0 Å². The fourth-order valence-corrected chi connectivity index (χ4v) is 5.03. The third-order valence-corrected chi connectivity index (χ3v) is 7.82. The third-order valence-electron chi connectivity index (χ3n) is 4.66. The van der Waals surface area contributed by atoms with Crippen molar-refractivity contribution < 1.29 is 17.9 Å². The minimum absolute atomic E-state index is 0.144. The summed E-state index contributed by atoms with van der Waals surface area (Å²) in [6.45, 7) is 5.57. The number of thiazole rings is 1. The number of carbonyl (C=O) groups excluding carboxylic acids is 1. The van der Waals surface area contributed by atoms with Crippen LogP contribution in [0.5, 0.6) is 5.75 Å². The summed E-state index contributed by atoms with van der Waals surface area (Å²) in [6, 6.07) is 9.49.